The Balaban J connectivity index is 1.87. The molecular formula is C16H21N3O. The fourth-order valence-electron chi connectivity index (χ4n) is 2.91. The molecule has 1 aliphatic rings. The Labute approximate surface area is 119 Å². The topological polar surface area (TPSA) is 39.1 Å². The number of imidazole rings is 1. The van der Waals surface area contributed by atoms with Crippen molar-refractivity contribution >= 4 is 0 Å². The minimum absolute atomic E-state index is 0.503. The van der Waals surface area contributed by atoms with E-state index in [1.54, 1.807) is 0 Å². The summed E-state index contributed by atoms with van der Waals surface area (Å²) in [4.78, 5) is 4.45. The van der Waals surface area contributed by atoms with Gasteiger partial charge in [0.2, 0.25) is 0 Å². The number of rotatable bonds is 4. The number of aryl methyl sites for hydroxylation is 1. The minimum atomic E-state index is 0.503. The van der Waals surface area contributed by atoms with Crippen LogP contribution in [0.3, 0.4) is 0 Å². The molecule has 1 aromatic carbocycles. The molecule has 0 saturated carbocycles. The van der Waals surface area contributed by atoms with Crippen molar-refractivity contribution in [3.8, 4) is 5.75 Å². The molecule has 0 amide bonds. The van der Waals surface area contributed by atoms with E-state index in [0.717, 1.165) is 37.7 Å². The number of aromatic nitrogens is 2. The monoisotopic (exact) mass is 271 g/mol. The number of ether oxygens (including phenoxy) is 1. The fourth-order valence-corrected chi connectivity index (χ4v) is 2.91. The van der Waals surface area contributed by atoms with Crippen LogP contribution >= 0.6 is 0 Å². The maximum absolute atomic E-state index is 5.74. The van der Waals surface area contributed by atoms with Gasteiger partial charge in [-0.1, -0.05) is 18.2 Å². The van der Waals surface area contributed by atoms with Gasteiger partial charge in [-0.2, -0.15) is 0 Å². The third-order valence-corrected chi connectivity index (χ3v) is 3.98. The predicted octanol–water partition coefficient (Wildman–Crippen LogP) is 2.48. The minimum Gasteiger partial charge on any atom is -0.493 e. The Hall–Kier alpha value is -1.81. The van der Waals surface area contributed by atoms with Crippen LogP contribution in [0.4, 0.5) is 0 Å². The maximum atomic E-state index is 5.74. The summed E-state index contributed by atoms with van der Waals surface area (Å²) in [6.07, 6.45) is 3.03. The predicted molar refractivity (Wildman–Crippen MR) is 79.0 cm³/mol. The molecule has 0 aliphatic carbocycles. The summed E-state index contributed by atoms with van der Waals surface area (Å²) in [5.41, 5.74) is 2.57. The van der Waals surface area contributed by atoms with Gasteiger partial charge in [0.05, 0.1) is 12.3 Å². The van der Waals surface area contributed by atoms with Gasteiger partial charge < -0.3 is 14.6 Å². The molecule has 0 radical (unpaired) electrons. The van der Waals surface area contributed by atoms with Crippen molar-refractivity contribution in [3.05, 3.63) is 47.5 Å². The highest BCUT2D eigenvalue weighted by Gasteiger charge is 2.22. The third-order valence-electron chi connectivity index (χ3n) is 3.98. The number of nitrogens with one attached hydrogen (secondary N) is 1. The molecule has 2 aromatic rings. The van der Waals surface area contributed by atoms with E-state index >= 15 is 0 Å². The second-order valence-corrected chi connectivity index (χ2v) is 5.31. The molecule has 0 saturated heterocycles. The SMILES string of the molecule is CNCc1cnc(C)n1CC1CCOc2ccccc21. The average Bonchev–Trinajstić information content (AvgIpc) is 2.81. The lowest BCUT2D eigenvalue weighted by atomic mass is 9.93. The van der Waals surface area contributed by atoms with Gasteiger partial charge in [-0.25, -0.2) is 4.98 Å². The van der Waals surface area contributed by atoms with Crippen molar-refractivity contribution in [2.45, 2.75) is 32.4 Å². The Bertz CT molecular complexity index is 591. The highest BCUT2D eigenvalue weighted by atomic mass is 16.5. The standard InChI is InChI=1S/C16H21N3O/c1-12-18-10-14(9-17-2)19(12)11-13-7-8-20-16-6-4-3-5-15(13)16/h3-6,10,13,17H,7-9,11H2,1-2H3. The molecule has 3 rings (SSSR count). The van der Waals surface area contributed by atoms with Crippen molar-refractivity contribution < 1.29 is 4.74 Å². The number of fused-ring (bicyclic) bond motifs is 1. The molecule has 1 aliphatic heterocycles. The molecule has 106 valence electrons. The first kappa shape index (κ1) is 13.2. The van der Waals surface area contributed by atoms with Gasteiger partial charge in [0, 0.05) is 25.2 Å². The summed E-state index contributed by atoms with van der Waals surface area (Å²) in [6.45, 7) is 4.70. The first-order chi connectivity index (χ1) is 9.79. The number of hydrogen-bond donors (Lipinski definition) is 1. The van der Waals surface area contributed by atoms with Crippen molar-refractivity contribution in [1.82, 2.24) is 14.9 Å². The van der Waals surface area contributed by atoms with Gasteiger partial charge >= 0.3 is 0 Å². The number of benzene rings is 1. The van der Waals surface area contributed by atoms with E-state index in [2.05, 4.69) is 40.0 Å². The van der Waals surface area contributed by atoms with E-state index in [4.69, 9.17) is 4.74 Å². The van der Waals surface area contributed by atoms with Crippen LogP contribution in [-0.2, 0) is 13.1 Å². The van der Waals surface area contributed by atoms with Gasteiger partial charge in [-0.05, 0) is 32.0 Å². The number of para-hydroxylation sites is 1. The van der Waals surface area contributed by atoms with Crippen LogP contribution in [-0.4, -0.2) is 23.2 Å². The Morgan fingerprint density at radius 2 is 2.25 bits per heavy atom. The van der Waals surface area contributed by atoms with E-state index < -0.39 is 0 Å². The molecule has 0 fully saturated rings. The maximum Gasteiger partial charge on any atom is 0.122 e. The first-order valence-electron chi connectivity index (χ1n) is 7.17. The summed E-state index contributed by atoms with van der Waals surface area (Å²) in [6, 6.07) is 8.38. The Kier molecular flexibility index (Phi) is 3.74. The van der Waals surface area contributed by atoms with Crippen LogP contribution in [0.1, 0.15) is 29.4 Å². The summed E-state index contributed by atoms with van der Waals surface area (Å²) >= 11 is 0. The highest BCUT2D eigenvalue weighted by Crippen LogP contribution is 2.34. The summed E-state index contributed by atoms with van der Waals surface area (Å²) in [7, 11) is 1.97. The highest BCUT2D eigenvalue weighted by molar-refractivity contribution is 5.37. The van der Waals surface area contributed by atoms with Crippen molar-refractivity contribution in [2.75, 3.05) is 13.7 Å². The van der Waals surface area contributed by atoms with Crippen molar-refractivity contribution in [1.29, 1.82) is 0 Å². The molecular weight excluding hydrogens is 250 g/mol. The van der Waals surface area contributed by atoms with E-state index in [1.807, 2.05) is 19.3 Å². The third kappa shape index (κ3) is 2.43. The van der Waals surface area contributed by atoms with Gasteiger partial charge in [0.15, 0.2) is 0 Å². The second kappa shape index (κ2) is 5.67. The zero-order valence-corrected chi connectivity index (χ0v) is 12.1. The zero-order chi connectivity index (χ0) is 13.9. The molecule has 1 aromatic heterocycles. The normalized spacial score (nSPS) is 17.6. The van der Waals surface area contributed by atoms with E-state index in [0.29, 0.717) is 5.92 Å². The summed E-state index contributed by atoms with van der Waals surface area (Å²) in [5, 5.41) is 3.21. The molecule has 4 heteroatoms. The van der Waals surface area contributed by atoms with Gasteiger partial charge in [-0.15, -0.1) is 0 Å². The van der Waals surface area contributed by atoms with Crippen LogP contribution in [0.2, 0.25) is 0 Å². The molecule has 20 heavy (non-hydrogen) atoms. The molecule has 0 bridgehead atoms. The number of nitrogens with zero attached hydrogens (tertiary/aromatic N) is 2. The van der Waals surface area contributed by atoms with Crippen LogP contribution in [0, 0.1) is 6.92 Å². The van der Waals surface area contributed by atoms with Gasteiger partial charge in [0.25, 0.3) is 0 Å². The zero-order valence-electron chi connectivity index (χ0n) is 12.1. The lowest BCUT2D eigenvalue weighted by Crippen LogP contribution is -2.21. The smallest absolute Gasteiger partial charge is 0.122 e. The van der Waals surface area contributed by atoms with E-state index in [-0.39, 0.29) is 0 Å². The van der Waals surface area contributed by atoms with E-state index in [1.165, 1.54) is 11.3 Å². The lowest BCUT2D eigenvalue weighted by molar-refractivity contribution is 0.257. The summed E-state index contributed by atoms with van der Waals surface area (Å²) < 4.78 is 8.07. The Morgan fingerprint density at radius 1 is 1.40 bits per heavy atom. The summed E-state index contributed by atoms with van der Waals surface area (Å²) in [5.74, 6) is 2.62. The Morgan fingerprint density at radius 3 is 3.10 bits per heavy atom. The van der Waals surface area contributed by atoms with Crippen LogP contribution in [0.15, 0.2) is 30.5 Å². The molecule has 1 atom stereocenters. The quantitative estimate of drug-likeness (QED) is 0.928. The van der Waals surface area contributed by atoms with Gasteiger partial charge in [0.1, 0.15) is 11.6 Å². The molecule has 2 heterocycles. The van der Waals surface area contributed by atoms with Crippen LogP contribution in [0.5, 0.6) is 5.75 Å². The van der Waals surface area contributed by atoms with Crippen LogP contribution < -0.4 is 10.1 Å². The molecule has 4 nitrogen and oxygen atoms in total. The molecule has 0 spiro atoms. The lowest BCUT2D eigenvalue weighted by Gasteiger charge is -2.27. The molecule has 1 N–H and O–H groups in total. The van der Waals surface area contributed by atoms with Gasteiger partial charge in [-0.3, -0.25) is 0 Å². The van der Waals surface area contributed by atoms with Crippen molar-refractivity contribution in [3.63, 3.8) is 0 Å². The van der Waals surface area contributed by atoms with Crippen LogP contribution in [0.25, 0.3) is 0 Å². The van der Waals surface area contributed by atoms with Crippen molar-refractivity contribution in [2.24, 2.45) is 0 Å². The largest absolute Gasteiger partial charge is 0.493 e. The average molecular weight is 271 g/mol. The second-order valence-electron chi connectivity index (χ2n) is 5.31. The fraction of sp³-hybridized carbons (Fsp3) is 0.438. The number of hydrogen-bond acceptors (Lipinski definition) is 3. The first-order valence-corrected chi connectivity index (χ1v) is 7.17. The van der Waals surface area contributed by atoms with E-state index in [9.17, 15) is 0 Å². The molecule has 1 unspecified atom stereocenters.